The molecule has 0 radical (unpaired) electrons. The lowest BCUT2D eigenvalue weighted by molar-refractivity contribution is 0.0971. The first kappa shape index (κ1) is 20.3. The second kappa shape index (κ2) is 7.52. The van der Waals surface area contributed by atoms with Crippen molar-refractivity contribution in [3.8, 4) is 0 Å². The van der Waals surface area contributed by atoms with Crippen LogP contribution in [0.25, 0.3) is 11.0 Å². The zero-order valence-electron chi connectivity index (χ0n) is 16.2. The lowest BCUT2D eigenvalue weighted by atomic mass is 9.98. The van der Waals surface area contributed by atoms with Crippen LogP contribution in [-0.2, 0) is 0 Å². The van der Waals surface area contributed by atoms with Crippen molar-refractivity contribution in [2.75, 3.05) is 4.90 Å². The second-order valence-electron chi connectivity index (χ2n) is 7.38. The van der Waals surface area contributed by atoms with E-state index < -0.39 is 11.9 Å². The summed E-state index contributed by atoms with van der Waals surface area (Å²) in [5.74, 6) is -0.360. The van der Waals surface area contributed by atoms with Crippen molar-refractivity contribution in [2.24, 2.45) is 0 Å². The van der Waals surface area contributed by atoms with Crippen LogP contribution in [-0.4, -0.2) is 5.91 Å². The molecule has 1 atom stereocenters. The molecule has 1 aliphatic rings. The number of hydrogen-bond donors (Lipinski definition) is 0. The maximum Gasteiger partial charge on any atom is 0.295 e. The molecule has 1 unspecified atom stereocenters. The van der Waals surface area contributed by atoms with Crippen molar-refractivity contribution in [3.05, 3.63) is 108 Å². The third kappa shape index (κ3) is 3.28. The van der Waals surface area contributed by atoms with Gasteiger partial charge in [0.1, 0.15) is 5.58 Å². The number of anilines is 1. The highest BCUT2D eigenvalue weighted by atomic mass is 79.9. The molecule has 2 heterocycles. The SMILES string of the molecule is Cc1ccc(N2C(=O)c3oc4ccc(Cl)cc4c(=O)c3C2c2ccc(Br)cc2)cc1Cl. The van der Waals surface area contributed by atoms with Gasteiger partial charge in [0.15, 0.2) is 5.43 Å². The fourth-order valence-corrected chi connectivity index (χ4v) is 4.51. The van der Waals surface area contributed by atoms with Gasteiger partial charge < -0.3 is 4.42 Å². The first-order valence-electron chi connectivity index (χ1n) is 9.46. The number of nitrogens with zero attached hydrogens (tertiary/aromatic N) is 1. The summed E-state index contributed by atoms with van der Waals surface area (Å²) < 4.78 is 6.83. The summed E-state index contributed by atoms with van der Waals surface area (Å²) >= 11 is 15.9. The molecule has 7 heteroatoms. The van der Waals surface area contributed by atoms with E-state index in [4.69, 9.17) is 27.6 Å². The van der Waals surface area contributed by atoms with Crippen molar-refractivity contribution < 1.29 is 9.21 Å². The Morgan fingerprint density at radius 3 is 2.42 bits per heavy atom. The molecular weight excluding hydrogens is 501 g/mol. The molecule has 0 saturated heterocycles. The number of amides is 1. The Morgan fingerprint density at radius 2 is 1.71 bits per heavy atom. The second-order valence-corrected chi connectivity index (χ2v) is 9.14. The number of hydrogen-bond acceptors (Lipinski definition) is 3. The van der Waals surface area contributed by atoms with E-state index >= 15 is 0 Å². The van der Waals surface area contributed by atoms with Gasteiger partial charge in [0, 0.05) is 20.2 Å². The summed E-state index contributed by atoms with van der Waals surface area (Å²) in [5, 5.41) is 1.29. The Balaban J connectivity index is 1.82. The van der Waals surface area contributed by atoms with E-state index in [-0.39, 0.29) is 11.2 Å². The van der Waals surface area contributed by atoms with Gasteiger partial charge in [0.05, 0.1) is 17.0 Å². The van der Waals surface area contributed by atoms with Crippen molar-refractivity contribution in [2.45, 2.75) is 13.0 Å². The molecule has 1 aliphatic heterocycles. The van der Waals surface area contributed by atoms with E-state index in [1.54, 1.807) is 29.2 Å². The van der Waals surface area contributed by atoms with Crippen LogP contribution in [0.3, 0.4) is 0 Å². The number of benzene rings is 3. The standard InChI is InChI=1S/C24H14BrCl2NO3/c1-12-2-8-16(11-18(12)27)28-21(13-3-5-14(25)6-4-13)20-22(29)17-10-15(26)7-9-19(17)31-23(20)24(28)30/h2-11,21H,1H3. The number of carbonyl (C=O) groups is 1. The number of fused-ring (bicyclic) bond motifs is 2. The van der Waals surface area contributed by atoms with Crippen molar-refractivity contribution >= 4 is 61.7 Å². The summed E-state index contributed by atoms with van der Waals surface area (Å²) in [6.07, 6.45) is 0. The predicted molar refractivity (Wildman–Crippen MR) is 126 cm³/mol. The van der Waals surface area contributed by atoms with Crippen LogP contribution in [0.4, 0.5) is 5.69 Å². The van der Waals surface area contributed by atoms with Crippen LogP contribution in [0.2, 0.25) is 10.0 Å². The largest absolute Gasteiger partial charge is 0.450 e. The quantitative estimate of drug-likeness (QED) is 0.291. The minimum Gasteiger partial charge on any atom is -0.450 e. The van der Waals surface area contributed by atoms with Crippen LogP contribution in [0.1, 0.15) is 33.3 Å². The Morgan fingerprint density at radius 1 is 0.968 bits per heavy atom. The van der Waals surface area contributed by atoms with Gasteiger partial charge in [-0.05, 0) is 60.5 Å². The molecule has 5 rings (SSSR count). The zero-order chi connectivity index (χ0) is 21.9. The zero-order valence-corrected chi connectivity index (χ0v) is 19.3. The van der Waals surface area contributed by atoms with Crippen LogP contribution in [0.5, 0.6) is 0 Å². The molecule has 4 nitrogen and oxygen atoms in total. The van der Waals surface area contributed by atoms with Crippen molar-refractivity contribution in [3.63, 3.8) is 0 Å². The topological polar surface area (TPSA) is 50.5 Å². The molecule has 0 aliphatic carbocycles. The van der Waals surface area contributed by atoms with Crippen molar-refractivity contribution in [1.82, 2.24) is 0 Å². The van der Waals surface area contributed by atoms with Crippen LogP contribution in [0, 0.1) is 6.92 Å². The molecule has 0 spiro atoms. The third-order valence-corrected chi connectivity index (χ3v) is 6.62. The predicted octanol–water partition coefficient (Wildman–Crippen LogP) is 6.92. The van der Waals surface area contributed by atoms with E-state index in [9.17, 15) is 9.59 Å². The molecule has 4 aromatic rings. The summed E-state index contributed by atoms with van der Waals surface area (Å²) in [5.41, 5.74) is 2.59. The van der Waals surface area contributed by atoms with Gasteiger partial charge in [0.25, 0.3) is 5.91 Å². The van der Waals surface area contributed by atoms with Gasteiger partial charge in [0.2, 0.25) is 5.76 Å². The molecule has 1 amide bonds. The van der Waals surface area contributed by atoms with E-state index in [1.807, 2.05) is 43.3 Å². The molecule has 0 saturated carbocycles. The summed E-state index contributed by atoms with van der Waals surface area (Å²) in [4.78, 5) is 28.6. The lowest BCUT2D eigenvalue weighted by Gasteiger charge is -2.25. The van der Waals surface area contributed by atoms with Gasteiger partial charge in [-0.2, -0.15) is 0 Å². The number of halogens is 3. The third-order valence-electron chi connectivity index (χ3n) is 5.45. The lowest BCUT2D eigenvalue weighted by Crippen LogP contribution is -2.29. The normalized spacial score (nSPS) is 15.5. The average molecular weight is 515 g/mol. The van der Waals surface area contributed by atoms with E-state index in [0.29, 0.717) is 32.3 Å². The van der Waals surface area contributed by atoms with Gasteiger partial charge in [-0.25, -0.2) is 0 Å². The van der Waals surface area contributed by atoms with Gasteiger partial charge in [-0.1, -0.05) is 57.3 Å². The van der Waals surface area contributed by atoms with Crippen LogP contribution in [0.15, 0.2) is 74.3 Å². The Kier molecular flexibility index (Phi) is 4.93. The molecule has 31 heavy (non-hydrogen) atoms. The van der Waals surface area contributed by atoms with E-state index in [2.05, 4.69) is 15.9 Å². The summed E-state index contributed by atoms with van der Waals surface area (Å²) in [7, 11) is 0. The first-order valence-corrected chi connectivity index (χ1v) is 11.0. The molecule has 0 fully saturated rings. The maximum absolute atomic E-state index is 13.5. The number of carbonyl (C=O) groups excluding carboxylic acids is 1. The van der Waals surface area contributed by atoms with Crippen LogP contribution >= 0.6 is 39.1 Å². The smallest absolute Gasteiger partial charge is 0.295 e. The molecule has 1 aromatic heterocycles. The van der Waals surface area contributed by atoms with Gasteiger partial charge in [-0.3, -0.25) is 14.5 Å². The number of rotatable bonds is 2. The monoisotopic (exact) mass is 513 g/mol. The molecular formula is C24H14BrCl2NO3. The van der Waals surface area contributed by atoms with E-state index in [0.717, 1.165) is 15.6 Å². The highest BCUT2D eigenvalue weighted by Gasteiger charge is 2.43. The van der Waals surface area contributed by atoms with Crippen molar-refractivity contribution in [1.29, 1.82) is 0 Å². The summed E-state index contributed by atoms with van der Waals surface area (Å²) in [6.45, 7) is 1.89. The fourth-order valence-electron chi connectivity index (χ4n) is 3.90. The fraction of sp³-hybridized carbons (Fsp3) is 0.0833. The summed E-state index contributed by atoms with van der Waals surface area (Å²) in [6, 6.07) is 17.0. The van der Waals surface area contributed by atoms with Gasteiger partial charge in [-0.15, -0.1) is 0 Å². The minimum absolute atomic E-state index is 0.0319. The highest BCUT2D eigenvalue weighted by molar-refractivity contribution is 9.10. The molecule has 0 bridgehead atoms. The van der Waals surface area contributed by atoms with E-state index in [1.165, 1.54) is 0 Å². The van der Waals surface area contributed by atoms with Gasteiger partial charge >= 0.3 is 0 Å². The first-order chi connectivity index (χ1) is 14.8. The molecule has 0 N–H and O–H groups in total. The highest BCUT2D eigenvalue weighted by Crippen LogP contribution is 2.42. The molecule has 154 valence electrons. The Bertz CT molecular complexity index is 1430. The number of aryl methyl sites for hydroxylation is 1. The minimum atomic E-state index is -0.658. The Hall–Kier alpha value is -2.60. The van der Waals surface area contributed by atoms with Crippen LogP contribution < -0.4 is 10.3 Å². The Labute approximate surface area is 196 Å². The average Bonchev–Trinajstić information content (AvgIpc) is 3.04. The molecule has 3 aromatic carbocycles. The maximum atomic E-state index is 13.5.